The van der Waals surface area contributed by atoms with E-state index >= 15 is 0 Å². The molecule has 0 spiro atoms. The molecule has 0 amide bonds. The third kappa shape index (κ3) is 2.50. The monoisotopic (exact) mass is 272 g/mol. The largest absolute Gasteiger partial charge is 0.478 e. The Kier molecular flexibility index (Phi) is 4.03. The topological polar surface area (TPSA) is 63.6 Å². The van der Waals surface area contributed by atoms with E-state index in [1.165, 1.54) is 13.2 Å². The van der Waals surface area contributed by atoms with Gasteiger partial charge in [-0.25, -0.2) is 4.79 Å². The number of fused-ring (bicyclic) bond motifs is 2. The highest BCUT2D eigenvalue weighted by atomic mass is 16.5. The van der Waals surface area contributed by atoms with Crippen LogP contribution >= 0.6 is 0 Å². The molecule has 0 unspecified atom stereocenters. The molecule has 0 heterocycles. The number of hydrogen-bond acceptors (Lipinski definition) is 3. The molecule has 0 radical (unpaired) electrons. The second-order valence-electron chi connectivity index (χ2n) is 4.58. The first kappa shape index (κ1) is 14.1. The smallest absolute Gasteiger partial charge is 0.336 e. The Morgan fingerprint density at radius 3 is 2.70 bits per heavy atom. The molecule has 2 bridgehead atoms. The van der Waals surface area contributed by atoms with Crippen LogP contribution in [0, 0.1) is 0 Å². The zero-order valence-corrected chi connectivity index (χ0v) is 11.5. The quantitative estimate of drug-likeness (QED) is 0.596. The Hall–Kier alpha value is -2.36. The molecule has 4 heteroatoms. The van der Waals surface area contributed by atoms with Gasteiger partial charge in [-0.15, -0.1) is 0 Å². The molecule has 0 aromatic rings. The van der Waals surface area contributed by atoms with Crippen molar-refractivity contribution < 1.29 is 19.4 Å². The minimum Gasteiger partial charge on any atom is -0.478 e. The van der Waals surface area contributed by atoms with E-state index in [0.717, 1.165) is 6.42 Å². The first-order chi connectivity index (χ1) is 9.56. The summed E-state index contributed by atoms with van der Waals surface area (Å²) in [6, 6.07) is 0. The summed E-state index contributed by atoms with van der Waals surface area (Å²) in [7, 11) is 0. The standard InChI is InChI=1S/C16H16O4/c1-3-4-5-6-7-20-13-9-11-8-12(13)14(10(2)17)15(11)16(18)19/h4-7,9H,3,8H2,1-2H3,(H,18,19)/b5-4-,7-6+. The molecule has 0 saturated carbocycles. The van der Waals surface area contributed by atoms with E-state index in [1.54, 1.807) is 12.2 Å². The molecule has 2 rings (SSSR count). The third-order valence-corrected chi connectivity index (χ3v) is 3.17. The molecule has 0 aliphatic heterocycles. The number of carbonyl (C=O) groups excluding carboxylic acids is 1. The first-order valence-corrected chi connectivity index (χ1v) is 6.47. The van der Waals surface area contributed by atoms with Gasteiger partial charge in [0.15, 0.2) is 5.78 Å². The number of allylic oxidation sites excluding steroid dienone is 6. The van der Waals surface area contributed by atoms with Crippen LogP contribution in [-0.2, 0) is 14.3 Å². The number of ether oxygens (including phenoxy) is 1. The van der Waals surface area contributed by atoms with Gasteiger partial charge in [0, 0.05) is 17.6 Å². The lowest BCUT2D eigenvalue weighted by Crippen LogP contribution is -2.09. The molecule has 0 atom stereocenters. The SMILES string of the molecule is CC/C=C\C=C\OC1=C2CC(=C1)C(C(=O)O)=C2C(C)=O. The van der Waals surface area contributed by atoms with Crippen LogP contribution in [0.25, 0.3) is 0 Å². The van der Waals surface area contributed by atoms with Gasteiger partial charge < -0.3 is 9.84 Å². The van der Waals surface area contributed by atoms with Crippen molar-refractivity contribution in [3.05, 3.63) is 58.6 Å². The van der Waals surface area contributed by atoms with E-state index in [9.17, 15) is 14.7 Å². The van der Waals surface area contributed by atoms with Crippen molar-refractivity contribution in [2.45, 2.75) is 26.7 Å². The highest BCUT2D eigenvalue weighted by Gasteiger charge is 2.37. The van der Waals surface area contributed by atoms with Gasteiger partial charge in [-0.1, -0.05) is 19.1 Å². The number of carbonyl (C=O) groups is 2. The molecule has 1 N–H and O–H groups in total. The van der Waals surface area contributed by atoms with Crippen molar-refractivity contribution >= 4 is 11.8 Å². The van der Waals surface area contributed by atoms with Crippen molar-refractivity contribution in [3.8, 4) is 0 Å². The second kappa shape index (κ2) is 5.74. The van der Waals surface area contributed by atoms with E-state index in [4.69, 9.17) is 4.74 Å². The molecule has 20 heavy (non-hydrogen) atoms. The van der Waals surface area contributed by atoms with Crippen molar-refractivity contribution in [1.82, 2.24) is 0 Å². The second-order valence-corrected chi connectivity index (χ2v) is 4.58. The minimum atomic E-state index is -1.06. The highest BCUT2D eigenvalue weighted by molar-refractivity contribution is 6.11. The summed E-state index contributed by atoms with van der Waals surface area (Å²) in [5.41, 5.74) is 1.72. The van der Waals surface area contributed by atoms with E-state index in [2.05, 4.69) is 0 Å². The van der Waals surface area contributed by atoms with Gasteiger partial charge in [0.1, 0.15) is 5.76 Å². The Morgan fingerprint density at radius 1 is 1.35 bits per heavy atom. The molecule has 0 aromatic carbocycles. The summed E-state index contributed by atoms with van der Waals surface area (Å²) >= 11 is 0. The lowest BCUT2D eigenvalue weighted by Gasteiger charge is -2.09. The molecule has 2 aliphatic carbocycles. The van der Waals surface area contributed by atoms with Gasteiger partial charge in [0.2, 0.25) is 0 Å². The minimum absolute atomic E-state index is 0.120. The van der Waals surface area contributed by atoms with E-state index in [-0.39, 0.29) is 16.9 Å². The zero-order chi connectivity index (χ0) is 14.7. The summed E-state index contributed by atoms with van der Waals surface area (Å²) < 4.78 is 5.48. The molecular weight excluding hydrogens is 256 g/mol. The predicted molar refractivity (Wildman–Crippen MR) is 74.7 cm³/mol. The van der Waals surface area contributed by atoms with Gasteiger partial charge in [0.05, 0.1) is 11.8 Å². The molecule has 0 aromatic heterocycles. The number of hydrogen-bond donors (Lipinski definition) is 1. The van der Waals surface area contributed by atoms with Gasteiger partial charge in [-0.2, -0.15) is 0 Å². The summed E-state index contributed by atoms with van der Waals surface area (Å²) in [4.78, 5) is 22.9. The molecule has 0 fully saturated rings. The van der Waals surface area contributed by atoms with Crippen LogP contribution in [0.15, 0.2) is 58.6 Å². The number of Topliss-reactive ketones (excluding diaryl/α,β-unsaturated/α-hetero) is 1. The number of carboxylic acids is 1. The third-order valence-electron chi connectivity index (χ3n) is 3.17. The summed E-state index contributed by atoms with van der Waals surface area (Å²) in [6.45, 7) is 3.41. The van der Waals surface area contributed by atoms with Gasteiger partial charge >= 0.3 is 5.97 Å². The number of carboxylic acid groups (broad SMARTS) is 1. The van der Waals surface area contributed by atoms with Crippen molar-refractivity contribution in [3.63, 3.8) is 0 Å². The number of ketones is 1. The van der Waals surface area contributed by atoms with Crippen LogP contribution in [0.1, 0.15) is 26.7 Å². The zero-order valence-electron chi connectivity index (χ0n) is 11.5. The molecule has 4 nitrogen and oxygen atoms in total. The van der Waals surface area contributed by atoms with Crippen LogP contribution in [0.2, 0.25) is 0 Å². The Balaban J connectivity index is 2.25. The average Bonchev–Trinajstić information content (AvgIpc) is 2.95. The molecule has 104 valence electrons. The van der Waals surface area contributed by atoms with Crippen LogP contribution in [0.4, 0.5) is 0 Å². The molecule has 0 saturated heterocycles. The lowest BCUT2D eigenvalue weighted by atomic mass is 9.99. The maximum Gasteiger partial charge on any atom is 0.336 e. The summed E-state index contributed by atoms with van der Waals surface area (Å²) in [5, 5.41) is 9.18. The summed E-state index contributed by atoms with van der Waals surface area (Å²) in [5.74, 6) is -0.732. The summed E-state index contributed by atoms with van der Waals surface area (Å²) in [6.07, 6.45) is 10.3. The Labute approximate surface area is 117 Å². The van der Waals surface area contributed by atoms with E-state index < -0.39 is 5.97 Å². The number of aliphatic carboxylic acids is 1. The number of rotatable bonds is 6. The first-order valence-electron chi connectivity index (χ1n) is 6.47. The Morgan fingerprint density at radius 2 is 2.10 bits per heavy atom. The maximum atomic E-state index is 11.6. The van der Waals surface area contributed by atoms with Gasteiger partial charge in [-0.3, -0.25) is 4.79 Å². The highest BCUT2D eigenvalue weighted by Crippen LogP contribution is 2.44. The van der Waals surface area contributed by atoms with E-state index in [0.29, 0.717) is 23.3 Å². The Bertz CT molecular complexity index is 612. The fourth-order valence-electron chi connectivity index (χ4n) is 2.37. The van der Waals surface area contributed by atoms with Crippen molar-refractivity contribution in [2.75, 3.05) is 0 Å². The van der Waals surface area contributed by atoms with E-state index in [1.807, 2.05) is 19.1 Å². The van der Waals surface area contributed by atoms with Gasteiger partial charge in [-0.05, 0) is 31.1 Å². The fourth-order valence-corrected chi connectivity index (χ4v) is 2.37. The van der Waals surface area contributed by atoms with Gasteiger partial charge in [0.25, 0.3) is 0 Å². The van der Waals surface area contributed by atoms with Crippen LogP contribution in [-0.4, -0.2) is 16.9 Å². The normalized spacial score (nSPS) is 17.6. The van der Waals surface area contributed by atoms with Crippen molar-refractivity contribution in [1.29, 1.82) is 0 Å². The average molecular weight is 272 g/mol. The van der Waals surface area contributed by atoms with Crippen LogP contribution in [0.5, 0.6) is 0 Å². The maximum absolute atomic E-state index is 11.6. The van der Waals surface area contributed by atoms with Crippen LogP contribution < -0.4 is 0 Å². The predicted octanol–water partition coefficient (Wildman–Crippen LogP) is 3.05. The molecule has 2 aliphatic rings. The molecular formula is C16H16O4. The van der Waals surface area contributed by atoms with Crippen LogP contribution in [0.3, 0.4) is 0 Å². The lowest BCUT2D eigenvalue weighted by molar-refractivity contribution is -0.132. The van der Waals surface area contributed by atoms with Crippen molar-refractivity contribution in [2.24, 2.45) is 0 Å². The fraction of sp³-hybridized carbons (Fsp3) is 0.250.